The van der Waals surface area contributed by atoms with Gasteiger partial charge in [0.1, 0.15) is 5.82 Å². The van der Waals surface area contributed by atoms with Gasteiger partial charge in [-0.05, 0) is 26.6 Å². The molecule has 1 saturated heterocycles. The normalized spacial score (nSPS) is 22.6. The lowest BCUT2D eigenvalue weighted by Gasteiger charge is -2.27. The summed E-state index contributed by atoms with van der Waals surface area (Å²) in [5, 5.41) is 19.1. The number of anilines is 1. The Labute approximate surface area is 122 Å². The molecule has 1 aromatic heterocycles. The van der Waals surface area contributed by atoms with Crippen molar-refractivity contribution < 1.29 is 15.0 Å². The number of pyridine rings is 1. The Balaban J connectivity index is 2.29. The summed E-state index contributed by atoms with van der Waals surface area (Å²) in [4.78, 5) is 19.3. The van der Waals surface area contributed by atoms with Crippen molar-refractivity contribution in [1.82, 2.24) is 9.88 Å². The van der Waals surface area contributed by atoms with Crippen LogP contribution in [-0.2, 0) is 0 Å². The summed E-state index contributed by atoms with van der Waals surface area (Å²) in [5.74, 6) is -0.544. The molecule has 20 heavy (non-hydrogen) atoms. The standard InChI is InChI=1S/C13H18ClN3O3/c1-16(2)6-8-3-9(18)7-17(8)12-4-10(13(19)20)11(14)5-15-12/h4-5,8-9,18H,3,6-7H2,1-2H3,(H,19,20). The second-order valence-corrected chi connectivity index (χ2v) is 5.69. The van der Waals surface area contributed by atoms with Gasteiger partial charge in [-0.1, -0.05) is 11.6 Å². The van der Waals surface area contributed by atoms with Crippen molar-refractivity contribution in [2.45, 2.75) is 18.6 Å². The Kier molecular flexibility index (Phi) is 4.47. The van der Waals surface area contributed by atoms with Crippen molar-refractivity contribution in [3.8, 4) is 0 Å². The van der Waals surface area contributed by atoms with Crippen LogP contribution in [0.3, 0.4) is 0 Å². The fraction of sp³-hybridized carbons (Fsp3) is 0.538. The molecule has 0 saturated carbocycles. The average molecular weight is 300 g/mol. The molecule has 2 atom stereocenters. The fourth-order valence-electron chi connectivity index (χ4n) is 2.52. The highest BCUT2D eigenvalue weighted by molar-refractivity contribution is 6.33. The van der Waals surface area contributed by atoms with Crippen molar-refractivity contribution >= 4 is 23.4 Å². The van der Waals surface area contributed by atoms with Gasteiger partial charge in [-0.2, -0.15) is 0 Å². The molecule has 1 aliphatic rings. The first kappa shape index (κ1) is 15.0. The van der Waals surface area contributed by atoms with E-state index in [4.69, 9.17) is 16.7 Å². The molecular weight excluding hydrogens is 282 g/mol. The molecule has 110 valence electrons. The van der Waals surface area contributed by atoms with Gasteiger partial charge in [0.15, 0.2) is 0 Å². The molecule has 0 aliphatic carbocycles. The van der Waals surface area contributed by atoms with Gasteiger partial charge in [0.2, 0.25) is 0 Å². The molecule has 6 nitrogen and oxygen atoms in total. The van der Waals surface area contributed by atoms with Gasteiger partial charge < -0.3 is 20.0 Å². The predicted octanol–water partition coefficient (Wildman–Crippen LogP) is 0.934. The molecule has 0 bridgehead atoms. The van der Waals surface area contributed by atoms with E-state index in [2.05, 4.69) is 4.98 Å². The average Bonchev–Trinajstić information content (AvgIpc) is 2.69. The van der Waals surface area contributed by atoms with E-state index in [1.54, 1.807) is 0 Å². The highest BCUT2D eigenvalue weighted by Gasteiger charge is 2.32. The number of hydrogen-bond acceptors (Lipinski definition) is 5. The molecule has 0 aromatic carbocycles. The summed E-state index contributed by atoms with van der Waals surface area (Å²) in [6.07, 6.45) is 1.56. The third-order valence-corrected chi connectivity index (χ3v) is 3.64. The maximum absolute atomic E-state index is 11.1. The summed E-state index contributed by atoms with van der Waals surface area (Å²) in [5.41, 5.74) is 0.0293. The third-order valence-electron chi connectivity index (χ3n) is 3.33. The maximum atomic E-state index is 11.1. The number of carboxylic acids is 1. The van der Waals surface area contributed by atoms with E-state index in [9.17, 15) is 9.90 Å². The van der Waals surface area contributed by atoms with E-state index in [-0.39, 0.29) is 16.6 Å². The zero-order chi connectivity index (χ0) is 14.9. The minimum absolute atomic E-state index is 0.0293. The summed E-state index contributed by atoms with van der Waals surface area (Å²) in [6.45, 7) is 1.22. The molecule has 7 heteroatoms. The summed E-state index contributed by atoms with van der Waals surface area (Å²) >= 11 is 5.83. The molecule has 2 rings (SSSR count). The zero-order valence-electron chi connectivity index (χ0n) is 11.5. The highest BCUT2D eigenvalue weighted by atomic mass is 35.5. The van der Waals surface area contributed by atoms with E-state index >= 15 is 0 Å². The first-order chi connectivity index (χ1) is 9.38. The number of carboxylic acid groups (broad SMARTS) is 1. The van der Waals surface area contributed by atoms with Crippen LogP contribution in [0.1, 0.15) is 16.8 Å². The molecular formula is C13H18ClN3O3. The van der Waals surface area contributed by atoms with Crippen LogP contribution >= 0.6 is 11.6 Å². The van der Waals surface area contributed by atoms with Crippen LogP contribution in [0, 0.1) is 0 Å². The topological polar surface area (TPSA) is 76.9 Å². The van der Waals surface area contributed by atoms with Crippen LogP contribution in [0.2, 0.25) is 5.02 Å². The van der Waals surface area contributed by atoms with Crippen molar-refractivity contribution in [3.05, 3.63) is 22.8 Å². The van der Waals surface area contributed by atoms with Gasteiger partial charge in [-0.3, -0.25) is 0 Å². The third kappa shape index (κ3) is 3.20. The van der Waals surface area contributed by atoms with Crippen LogP contribution in [0.25, 0.3) is 0 Å². The minimum Gasteiger partial charge on any atom is -0.478 e. The fourth-order valence-corrected chi connectivity index (χ4v) is 2.70. The zero-order valence-corrected chi connectivity index (χ0v) is 12.2. The lowest BCUT2D eigenvalue weighted by molar-refractivity contribution is 0.0697. The first-order valence-electron chi connectivity index (χ1n) is 6.36. The SMILES string of the molecule is CN(C)CC1CC(O)CN1c1cc(C(=O)O)c(Cl)cn1. The van der Waals surface area contributed by atoms with E-state index < -0.39 is 12.1 Å². The van der Waals surface area contributed by atoms with E-state index in [1.165, 1.54) is 12.3 Å². The Morgan fingerprint density at radius 2 is 2.30 bits per heavy atom. The smallest absolute Gasteiger partial charge is 0.337 e. The highest BCUT2D eigenvalue weighted by Crippen LogP contribution is 2.27. The molecule has 1 fully saturated rings. The summed E-state index contributed by atoms with van der Waals surface area (Å²) < 4.78 is 0. The molecule has 2 heterocycles. The number of aromatic nitrogens is 1. The first-order valence-corrected chi connectivity index (χ1v) is 6.74. The molecule has 2 N–H and O–H groups in total. The molecule has 2 unspecified atom stereocenters. The Bertz CT molecular complexity index is 510. The Morgan fingerprint density at radius 1 is 1.60 bits per heavy atom. The van der Waals surface area contributed by atoms with Crippen molar-refractivity contribution in [3.63, 3.8) is 0 Å². The molecule has 0 amide bonds. The summed E-state index contributed by atoms with van der Waals surface area (Å²) in [6, 6.07) is 1.57. The number of aliphatic hydroxyl groups is 1. The molecule has 0 spiro atoms. The van der Waals surface area contributed by atoms with Crippen molar-refractivity contribution in [2.24, 2.45) is 0 Å². The van der Waals surface area contributed by atoms with Crippen LogP contribution < -0.4 is 4.90 Å². The number of aromatic carboxylic acids is 1. The number of halogens is 1. The van der Waals surface area contributed by atoms with Gasteiger partial charge in [0, 0.05) is 25.3 Å². The molecule has 0 radical (unpaired) electrons. The van der Waals surface area contributed by atoms with Crippen LogP contribution in [0.15, 0.2) is 12.3 Å². The van der Waals surface area contributed by atoms with Gasteiger partial charge in [-0.25, -0.2) is 9.78 Å². The molecule has 1 aliphatic heterocycles. The lowest BCUT2D eigenvalue weighted by atomic mass is 10.2. The number of aliphatic hydroxyl groups excluding tert-OH is 1. The lowest BCUT2D eigenvalue weighted by Crippen LogP contribution is -2.38. The van der Waals surface area contributed by atoms with Gasteiger partial charge in [-0.15, -0.1) is 0 Å². The number of β-amino-alcohol motifs (C(OH)–C–C–N with tert-alkyl or cyclic N) is 1. The van der Waals surface area contributed by atoms with Gasteiger partial charge >= 0.3 is 5.97 Å². The quantitative estimate of drug-likeness (QED) is 0.861. The number of carbonyl (C=O) groups is 1. The number of nitrogens with zero attached hydrogens (tertiary/aromatic N) is 3. The van der Waals surface area contributed by atoms with Gasteiger partial charge in [0.05, 0.1) is 16.7 Å². The van der Waals surface area contributed by atoms with E-state index in [0.29, 0.717) is 18.8 Å². The maximum Gasteiger partial charge on any atom is 0.337 e. The Hall–Kier alpha value is -1.37. The Morgan fingerprint density at radius 3 is 2.90 bits per heavy atom. The second kappa shape index (κ2) is 5.95. The second-order valence-electron chi connectivity index (χ2n) is 5.29. The number of likely N-dealkylation sites (N-methyl/N-ethyl adjacent to an activating group) is 1. The minimum atomic E-state index is -1.08. The van der Waals surface area contributed by atoms with E-state index in [1.807, 2.05) is 23.9 Å². The largest absolute Gasteiger partial charge is 0.478 e. The van der Waals surface area contributed by atoms with Crippen molar-refractivity contribution in [1.29, 1.82) is 0 Å². The van der Waals surface area contributed by atoms with Gasteiger partial charge in [0.25, 0.3) is 0 Å². The molecule has 1 aromatic rings. The summed E-state index contributed by atoms with van der Waals surface area (Å²) in [7, 11) is 3.92. The number of hydrogen-bond donors (Lipinski definition) is 2. The van der Waals surface area contributed by atoms with Crippen LogP contribution in [-0.4, -0.2) is 65.4 Å². The number of rotatable bonds is 4. The van der Waals surface area contributed by atoms with Crippen LogP contribution in [0.5, 0.6) is 0 Å². The van der Waals surface area contributed by atoms with Crippen molar-refractivity contribution in [2.75, 3.05) is 32.1 Å². The van der Waals surface area contributed by atoms with Crippen LogP contribution in [0.4, 0.5) is 5.82 Å². The monoisotopic (exact) mass is 299 g/mol. The van der Waals surface area contributed by atoms with E-state index in [0.717, 1.165) is 6.54 Å². The predicted molar refractivity (Wildman–Crippen MR) is 76.5 cm³/mol.